The number of thioether (sulfide) groups is 1. The number of amides is 1. The summed E-state index contributed by atoms with van der Waals surface area (Å²) in [4.78, 5) is 24.4. The van der Waals surface area contributed by atoms with Crippen molar-refractivity contribution in [2.75, 3.05) is 32.7 Å². The topological polar surface area (TPSA) is 85.2 Å². The zero-order valence-electron chi connectivity index (χ0n) is 19.1. The molecule has 0 radical (unpaired) electrons. The lowest BCUT2D eigenvalue weighted by Gasteiger charge is -2.33. The first kappa shape index (κ1) is 23.2. The second-order valence-electron chi connectivity index (χ2n) is 9.04. The van der Waals surface area contributed by atoms with Crippen LogP contribution in [-0.4, -0.2) is 79.3 Å². The Hall–Kier alpha value is -1.94. The van der Waals surface area contributed by atoms with Gasteiger partial charge in [-0.15, -0.1) is 0 Å². The van der Waals surface area contributed by atoms with Gasteiger partial charge < -0.3 is 23.8 Å². The molecule has 8 nitrogen and oxygen atoms in total. The number of hydrogen-bond acceptors (Lipinski definition) is 8. The zero-order chi connectivity index (χ0) is 22.7. The summed E-state index contributed by atoms with van der Waals surface area (Å²) in [5.41, 5.74) is 1.47. The van der Waals surface area contributed by atoms with E-state index in [1.165, 1.54) is 0 Å². The highest BCUT2D eigenvalue weighted by molar-refractivity contribution is 7.99. The van der Waals surface area contributed by atoms with Crippen molar-refractivity contribution >= 4 is 29.4 Å². The molecule has 174 valence electrons. The van der Waals surface area contributed by atoms with Crippen LogP contribution in [0.2, 0.25) is 0 Å². The van der Waals surface area contributed by atoms with E-state index in [0.29, 0.717) is 31.5 Å². The summed E-state index contributed by atoms with van der Waals surface area (Å²) < 4.78 is 22.3. The van der Waals surface area contributed by atoms with E-state index in [1.807, 2.05) is 20.8 Å². The van der Waals surface area contributed by atoms with Gasteiger partial charge in [0.1, 0.15) is 18.3 Å². The SMILES string of the molecule is COCSc1ccc(C2=NC(COC3CCN(C(=O)OC(C)(C)C)CC3)=N[C@@H]3OC23)cc1. The van der Waals surface area contributed by atoms with Crippen molar-refractivity contribution in [2.24, 2.45) is 9.98 Å². The van der Waals surface area contributed by atoms with Gasteiger partial charge in [0.2, 0.25) is 0 Å². The molecule has 1 aromatic carbocycles. The lowest BCUT2D eigenvalue weighted by Crippen LogP contribution is -2.43. The maximum Gasteiger partial charge on any atom is 0.410 e. The van der Waals surface area contributed by atoms with Crippen molar-refractivity contribution in [3.05, 3.63) is 29.8 Å². The third kappa shape index (κ3) is 6.10. The number of aliphatic imine (C=N–C) groups is 2. The van der Waals surface area contributed by atoms with E-state index in [4.69, 9.17) is 23.9 Å². The molecule has 1 aromatic rings. The number of rotatable bonds is 7. The minimum absolute atomic E-state index is 0.0618. The van der Waals surface area contributed by atoms with Crippen molar-refractivity contribution in [1.82, 2.24) is 4.90 Å². The highest BCUT2D eigenvalue weighted by Gasteiger charge is 2.46. The van der Waals surface area contributed by atoms with Crippen LogP contribution in [0.3, 0.4) is 0 Å². The first-order valence-corrected chi connectivity index (χ1v) is 11.9. The van der Waals surface area contributed by atoms with E-state index in [9.17, 15) is 4.79 Å². The monoisotopic (exact) mass is 461 g/mol. The van der Waals surface area contributed by atoms with Gasteiger partial charge in [-0.05, 0) is 51.3 Å². The van der Waals surface area contributed by atoms with Crippen LogP contribution in [0.4, 0.5) is 4.79 Å². The Balaban J connectivity index is 1.28. The van der Waals surface area contributed by atoms with Crippen molar-refractivity contribution in [3.63, 3.8) is 0 Å². The summed E-state index contributed by atoms with van der Waals surface area (Å²) in [5, 5.41) is 0. The average Bonchev–Trinajstić information content (AvgIpc) is 3.55. The first-order chi connectivity index (χ1) is 15.3. The molecule has 3 heterocycles. The molecule has 0 bridgehead atoms. The van der Waals surface area contributed by atoms with Crippen molar-refractivity contribution in [1.29, 1.82) is 0 Å². The normalized spacial score (nSPS) is 23.3. The summed E-state index contributed by atoms with van der Waals surface area (Å²) >= 11 is 1.65. The molecule has 0 saturated carbocycles. The zero-order valence-corrected chi connectivity index (χ0v) is 19.9. The molecule has 0 aromatic heterocycles. The second-order valence-corrected chi connectivity index (χ2v) is 10.0. The van der Waals surface area contributed by atoms with E-state index in [2.05, 4.69) is 29.3 Å². The molecule has 32 heavy (non-hydrogen) atoms. The molecule has 0 spiro atoms. The number of methoxy groups -OCH3 is 1. The molecular weight excluding hydrogens is 430 g/mol. The number of fused-ring (bicyclic) bond motifs is 1. The van der Waals surface area contributed by atoms with Crippen LogP contribution in [0.25, 0.3) is 0 Å². The number of hydrogen-bond donors (Lipinski definition) is 0. The summed E-state index contributed by atoms with van der Waals surface area (Å²) in [6, 6.07) is 8.26. The molecule has 0 aliphatic carbocycles. The Kier molecular flexibility index (Phi) is 7.19. The predicted molar refractivity (Wildman–Crippen MR) is 124 cm³/mol. The Morgan fingerprint density at radius 1 is 1.22 bits per heavy atom. The van der Waals surface area contributed by atoms with E-state index >= 15 is 0 Å². The molecule has 3 aliphatic rings. The summed E-state index contributed by atoms with van der Waals surface area (Å²) in [6.45, 7) is 7.23. The standard InChI is InChI=1S/C23H31N3O5S/c1-23(2,3)31-22(27)26-11-9-16(10-12-26)29-13-18-24-19(20-21(25-18)30-20)15-5-7-17(8-6-15)32-14-28-4/h5-8,16,20-21H,9-14H2,1-4H3/t20?,21-/m1/s1. The largest absolute Gasteiger partial charge is 0.444 e. The number of likely N-dealkylation sites (tertiary alicyclic amines) is 1. The van der Waals surface area contributed by atoms with Gasteiger partial charge in [0.05, 0.1) is 17.8 Å². The number of benzene rings is 1. The predicted octanol–water partition coefficient (Wildman–Crippen LogP) is 3.72. The molecule has 1 amide bonds. The fourth-order valence-corrected chi connectivity index (χ4v) is 4.23. The van der Waals surface area contributed by atoms with Crippen LogP contribution in [0.15, 0.2) is 39.1 Å². The quantitative estimate of drug-likeness (QED) is 0.349. The number of amidine groups is 1. The lowest BCUT2D eigenvalue weighted by atomic mass is 10.1. The second kappa shape index (κ2) is 9.91. The number of carbonyl (C=O) groups excluding carboxylic acids is 1. The molecule has 0 N–H and O–H groups in total. The van der Waals surface area contributed by atoms with E-state index < -0.39 is 5.60 Å². The van der Waals surface area contributed by atoms with E-state index in [1.54, 1.807) is 23.8 Å². The summed E-state index contributed by atoms with van der Waals surface area (Å²) in [5.74, 6) is 1.28. The highest BCUT2D eigenvalue weighted by Crippen LogP contribution is 2.32. The minimum Gasteiger partial charge on any atom is -0.444 e. The van der Waals surface area contributed by atoms with Gasteiger partial charge in [0.15, 0.2) is 12.1 Å². The van der Waals surface area contributed by atoms with Crippen molar-refractivity contribution < 1.29 is 23.7 Å². The maximum absolute atomic E-state index is 12.2. The average molecular weight is 462 g/mol. The number of piperidine rings is 1. The molecule has 1 unspecified atom stereocenters. The number of epoxide rings is 1. The fraction of sp³-hybridized carbons (Fsp3) is 0.609. The Morgan fingerprint density at radius 3 is 2.59 bits per heavy atom. The third-order valence-corrected chi connectivity index (χ3v) is 6.26. The number of nitrogens with zero attached hydrogens (tertiary/aromatic N) is 3. The van der Waals surface area contributed by atoms with Crippen LogP contribution >= 0.6 is 11.8 Å². The molecule has 9 heteroatoms. The molecule has 2 atom stereocenters. The van der Waals surface area contributed by atoms with Crippen LogP contribution in [0, 0.1) is 0 Å². The molecular formula is C23H31N3O5S. The Morgan fingerprint density at radius 2 is 1.94 bits per heavy atom. The summed E-state index contributed by atoms with van der Waals surface area (Å²) in [6.07, 6.45) is 1.14. The molecule has 2 saturated heterocycles. The van der Waals surface area contributed by atoms with E-state index in [0.717, 1.165) is 29.0 Å². The first-order valence-electron chi connectivity index (χ1n) is 10.9. The third-order valence-electron chi connectivity index (χ3n) is 5.30. The summed E-state index contributed by atoms with van der Waals surface area (Å²) in [7, 11) is 1.69. The van der Waals surface area contributed by atoms with Crippen LogP contribution in [0.1, 0.15) is 39.2 Å². The van der Waals surface area contributed by atoms with Crippen molar-refractivity contribution in [2.45, 2.75) is 62.5 Å². The smallest absolute Gasteiger partial charge is 0.410 e. The molecule has 4 rings (SSSR count). The van der Waals surface area contributed by atoms with Crippen LogP contribution in [-0.2, 0) is 18.9 Å². The van der Waals surface area contributed by atoms with Gasteiger partial charge in [-0.1, -0.05) is 23.9 Å². The van der Waals surface area contributed by atoms with Gasteiger partial charge in [-0.3, -0.25) is 0 Å². The molecule has 2 fully saturated rings. The van der Waals surface area contributed by atoms with Crippen LogP contribution < -0.4 is 0 Å². The van der Waals surface area contributed by atoms with Gasteiger partial charge in [-0.2, -0.15) is 0 Å². The van der Waals surface area contributed by atoms with Gasteiger partial charge in [-0.25, -0.2) is 14.8 Å². The van der Waals surface area contributed by atoms with Gasteiger partial charge in [0, 0.05) is 25.1 Å². The number of carbonyl (C=O) groups is 1. The maximum atomic E-state index is 12.2. The van der Waals surface area contributed by atoms with Crippen molar-refractivity contribution in [3.8, 4) is 0 Å². The van der Waals surface area contributed by atoms with E-state index in [-0.39, 0.29) is 24.5 Å². The minimum atomic E-state index is -0.481. The Labute approximate surface area is 193 Å². The molecule has 3 aliphatic heterocycles. The van der Waals surface area contributed by atoms with Crippen LogP contribution in [0.5, 0.6) is 0 Å². The highest BCUT2D eigenvalue weighted by atomic mass is 32.2. The number of ether oxygens (including phenoxy) is 4. The lowest BCUT2D eigenvalue weighted by molar-refractivity contribution is -0.00297. The van der Waals surface area contributed by atoms with Gasteiger partial charge >= 0.3 is 6.09 Å². The Bertz CT molecular complexity index is 873. The van der Waals surface area contributed by atoms with Gasteiger partial charge in [0.25, 0.3) is 0 Å². The fourth-order valence-electron chi connectivity index (χ4n) is 3.65.